The van der Waals surface area contributed by atoms with E-state index in [2.05, 4.69) is 22.3 Å². The van der Waals surface area contributed by atoms with E-state index in [1.807, 2.05) is 19.1 Å². The number of hydrogen-bond acceptors (Lipinski definition) is 5. The van der Waals surface area contributed by atoms with Gasteiger partial charge < -0.3 is 10.1 Å². The van der Waals surface area contributed by atoms with Gasteiger partial charge in [-0.15, -0.1) is 0 Å². The Morgan fingerprint density at radius 2 is 1.79 bits per heavy atom. The standard InChI is InChI=1S/C25H35N3O4S/c1-4-24(28(33(3,30)31)22-12-9-13-23(17-22)32-2)25(29)26-18-20-10-8-11-21(16-20)19-27-14-6-5-7-15-27/h8-13,16-17,24H,4-7,14-15,18-19H2,1-3H3,(H,26,29)/t24-/m0/s1. The zero-order valence-corrected chi connectivity index (χ0v) is 20.6. The number of piperidine rings is 1. The number of nitrogens with zero attached hydrogens (tertiary/aromatic N) is 2. The molecule has 3 rings (SSSR count). The Morgan fingerprint density at radius 1 is 1.09 bits per heavy atom. The van der Waals surface area contributed by atoms with E-state index in [1.54, 1.807) is 24.3 Å². The summed E-state index contributed by atoms with van der Waals surface area (Å²) in [4.78, 5) is 15.6. The lowest BCUT2D eigenvalue weighted by atomic mass is 10.1. The van der Waals surface area contributed by atoms with Crippen molar-refractivity contribution in [3.8, 4) is 5.75 Å². The SMILES string of the molecule is CC[C@@H](C(=O)NCc1cccc(CN2CCCCC2)c1)N(c1cccc(OC)c1)S(C)(=O)=O. The third kappa shape index (κ3) is 6.95. The molecule has 1 aliphatic heterocycles. The summed E-state index contributed by atoms with van der Waals surface area (Å²) < 4.78 is 31.7. The predicted molar refractivity (Wildman–Crippen MR) is 132 cm³/mol. The number of nitrogens with one attached hydrogen (secondary N) is 1. The summed E-state index contributed by atoms with van der Waals surface area (Å²) in [6.45, 7) is 5.33. The van der Waals surface area contributed by atoms with Gasteiger partial charge in [-0.25, -0.2) is 8.42 Å². The number of carbonyl (C=O) groups is 1. The van der Waals surface area contributed by atoms with Crippen molar-refractivity contribution in [2.45, 2.75) is 51.7 Å². The van der Waals surface area contributed by atoms with Crippen LogP contribution >= 0.6 is 0 Å². The Hall–Kier alpha value is -2.58. The topological polar surface area (TPSA) is 79.0 Å². The van der Waals surface area contributed by atoms with Crippen LogP contribution in [0.3, 0.4) is 0 Å². The van der Waals surface area contributed by atoms with Crippen LogP contribution < -0.4 is 14.4 Å². The summed E-state index contributed by atoms with van der Waals surface area (Å²) in [5.74, 6) is 0.203. The van der Waals surface area contributed by atoms with Crippen molar-refractivity contribution in [2.24, 2.45) is 0 Å². The fraction of sp³-hybridized carbons (Fsp3) is 0.480. The van der Waals surface area contributed by atoms with Crippen LogP contribution in [0.2, 0.25) is 0 Å². The van der Waals surface area contributed by atoms with Gasteiger partial charge in [0.15, 0.2) is 0 Å². The molecular weight excluding hydrogens is 438 g/mol. The first-order valence-electron chi connectivity index (χ1n) is 11.5. The summed E-state index contributed by atoms with van der Waals surface area (Å²) in [5.41, 5.74) is 2.63. The minimum absolute atomic E-state index is 0.327. The zero-order chi connectivity index (χ0) is 23.8. The first-order valence-corrected chi connectivity index (χ1v) is 13.4. The maximum atomic E-state index is 13.1. The molecule has 1 heterocycles. The number of ether oxygens (including phenoxy) is 1. The van der Waals surface area contributed by atoms with E-state index in [9.17, 15) is 13.2 Å². The van der Waals surface area contributed by atoms with Gasteiger partial charge in [0.1, 0.15) is 11.8 Å². The normalized spacial score (nSPS) is 15.6. The monoisotopic (exact) mass is 473 g/mol. The highest BCUT2D eigenvalue weighted by molar-refractivity contribution is 7.92. The molecule has 0 unspecified atom stereocenters. The van der Waals surface area contributed by atoms with Gasteiger partial charge in [0, 0.05) is 19.2 Å². The third-order valence-electron chi connectivity index (χ3n) is 5.95. The van der Waals surface area contributed by atoms with Crippen LogP contribution in [0.4, 0.5) is 5.69 Å². The largest absolute Gasteiger partial charge is 0.497 e. The van der Waals surface area contributed by atoms with E-state index in [0.29, 0.717) is 24.4 Å². The predicted octanol–water partition coefficient (Wildman–Crippen LogP) is 3.54. The number of rotatable bonds is 10. The van der Waals surface area contributed by atoms with E-state index >= 15 is 0 Å². The molecule has 8 heteroatoms. The fourth-order valence-electron chi connectivity index (χ4n) is 4.33. The second-order valence-corrected chi connectivity index (χ2v) is 10.4. The number of methoxy groups -OCH3 is 1. The molecule has 2 aromatic rings. The number of benzene rings is 2. The Balaban J connectivity index is 1.71. The molecule has 1 atom stereocenters. The molecule has 33 heavy (non-hydrogen) atoms. The number of sulfonamides is 1. The van der Waals surface area contributed by atoms with E-state index in [-0.39, 0.29) is 5.91 Å². The zero-order valence-electron chi connectivity index (χ0n) is 19.8. The number of carbonyl (C=O) groups excluding carboxylic acids is 1. The van der Waals surface area contributed by atoms with Crippen molar-refractivity contribution in [3.05, 3.63) is 59.7 Å². The summed E-state index contributed by atoms with van der Waals surface area (Å²) in [6.07, 6.45) is 5.26. The third-order valence-corrected chi connectivity index (χ3v) is 7.13. The number of amides is 1. The van der Waals surface area contributed by atoms with Crippen LogP contribution in [0, 0.1) is 0 Å². The smallest absolute Gasteiger partial charge is 0.244 e. The second kappa shape index (κ2) is 11.5. The van der Waals surface area contributed by atoms with Crippen LogP contribution in [0.1, 0.15) is 43.7 Å². The minimum atomic E-state index is -3.69. The fourth-order valence-corrected chi connectivity index (χ4v) is 5.53. The molecule has 2 aromatic carbocycles. The van der Waals surface area contributed by atoms with Gasteiger partial charge in [0.25, 0.3) is 0 Å². The molecule has 180 valence electrons. The quantitative estimate of drug-likeness (QED) is 0.571. The summed E-state index contributed by atoms with van der Waals surface area (Å²) in [7, 11) is -2.17. The Morgan fingerprint density at radius 3 is 2.45 bits per heavy atom. The highest BCUT2D eigenvalue weighted by Crippen LogP contribution is 2.26. The molecule has 7 nitrogen and oxygen atoms in total. The first-order chi connectivity index (χ1) is 15.8. The van der Waals surface area contributed by atoms with E-state index < -0.39 is 16.1 Å². The van der Waals surface area contributed by atoms with Crippen LogP contribution in [-0.2, 0) is 27.9 Å². The van der Waals surface area contributed by atoms with Crippen LogP contribution in [-0.4, -0.2) is 51.7 Å². The molecule has 1 aliphatic rings. The summed E-state index contributed by atoms with van der Waals surface area (Å²) >= 11 is 0. The van der Waals surface area contributed by atoms with E-state index in [4.69, 9.17) is 4.74 Å². The molecule has 1 fully saturated rings. The summed E-state index contributed by atoms with van der Waals surface area (Å²) in [5, 5.41) is 2.94. The lowest BCUT2D eigenvalue weighted by Crippen LogP contribution is -2.49. The maximum Gasteiger partial charge on any atom is 0.244 e. The average Bonchev–Trinajstić information content (AvgIpc) is 2.81. The average molecular weight is 474 g/mol. The molecule has 0 bridgehead atoms. The Kier molecular flexibility index (Phi) is 8.74. The van der Waals surface area contributed by atoms with Crippen LogP contribution in [0.5, 0.6) is 5.75 Å². The number of hydrogen-bond donors (Lipinski definition) is 1. The second-order valence-electron chi connectivity index (χ2n) is 8.56. The van der Waals surface area contributed by atoms with Gasteiger partial charge in [0.2, 0.25) is 15.9 Å². The highest BCUT2D eigenvalue weighted by Gasteiger charge is 2.31. The molecule has 1 saturated heterocycles. The molecule has 0 aromatic heterocycles. The van der Waals surface area contributed by atoms with Crippen molar-refractivity contribution in [3.63, 3.8) is 0 Å². The van der Waals surface area contributed by atoms with Gasteiger partial charge >= 0.3 is 0 Å². The maximum absolute atomic E-state index is 13.1. The van der Waals surface area contributed by atoms with Crippen molar-refractivity contribution in [1.82, 2.24) is 10.2 Å². The summed E-state index contributed by atoms with van der Waals surface area (Å²) in [6, 6.07) is 14.1. The van der Waals surface area contributed by atoms with Gasteiger partial charge in [-0.05, 0) is 55.6 Å². The lowest BCUT2D eigenvalue weighted by Gasteiger charge is -2.30. The highest BCUT2D eigenvalue weighted by atomic mass is 32.2. The van der Waals surface area contributed by atoms with Crippen molar-refractivity contribution >= 4 is 21.6 Å². The molecule has 0 radical (unpaired) electrons. The number of anilines is 1. The molecule has 1 N–H and O–H groups in total. The molecule has 1 amide bonds. The van der Waals surface area contributed by atoms with Gasteiger partial charge in [-0.2, -0.15) is 0 Å². The van der Waals surface area contributed by atoms with Crippen LogP contribution in [0.15, 0.2) is 48.5 Å². The number of likely N-dealkylation sites (tertiary alicyclic amines) is 1. The van der Waals surface area contributed by atoms with Crippen molar-refractivity contribution in [1.29, 1.82) is 0 Å². The minimum Gasteiger partial charge on any atom is -0.497 e. The van der Waals surface area contributed by atoms with Gasteiger partial charge in [-0.1, -0.05) is 43.7 Å². The lowest BCUT2D eigenvalue weighted by molar-refractivity contribution is -0.122. The first kappa shape index (κ1) is 25.1. The van der Waals surface area contributed by atoms with Crippen molar-refractivity contribution in [2.75, 3.05) is 30.8 Å². The van der Waals surface area contributed by atoms with Crippen LogP contribution in [0.25, 0.3) is 0 Å². The Bertz CT molecular complexity index is 1040. The molecular formula is C25H35N3O4S. The molecule has 0 spiro atoms. The Labute approximate surface area is 197 Å². The molecule has 0 saturated carbocycles. The van der Waals surface area contributed by atoms with Gasteiger partial charge in [-0.3, -0.25) is 14.0 Å². The van der Waals surface area contributed by atoms with Gasteiger partial charge in [0.05, 0.1) is 19.1 Å². The van der Waals surface area contributed by atoms with E-state index in [1.165, 1.54) is 36.2 Å². The van der Waals surface area contributed by atoms with Crippen molar-refractivity contribution < 1.29 is 17.9 Å². The van der Waals surface area contributed by atoms with E-state index in [0.717, 1.165) is 31.5 Å². The molecule has 0 aliphatic carbocycles.